The zero-order valence-corrected chi connectivity index (χ0v) is 26.1. The van der Waals surface area contributed by atoms with Gasteiger partial charge in [-0.15, -0.1) is 0 Å². The van der Waals surface area contributed by atoms with E-state index in [-0.39, 0.29) is 0 Å². The molecule has 6 fully saturated rings. The summed E-state index contributed by atoms with van der Waals surface area (Å²) in [7, 11) is -20.7. The second kappa shape index (κ2) is 5.66. The Morgan fingerprint density at radius 1 is 0.286 bits per heavy atom. The summed E-state index contributed by atoms with van der Waals surface area (Å²) >= 11 is 0. The van der Waals surface area contributed by atoms with Crippen LogP contribution in [-0.4, -0.2) is 68.5 Å². The maximum absolute atomic E-state index is 7.00. The van der Waals surface area contributed by atoms with Gasteiger partial charge in [-0.05, 0) is 52.4 Å². The van der Waals surface area contributed by atoms with Gasteiger partial charge in [0.05, 0.1) is 0 Å². The molecule has 8 bridgehead atoms. The van der Waals surface area contributed by atoms with E-state index in [2.05, 4.69) is 52.4 Å². The minimum Gasteiger partial charge on any atom is -0.416 e. The van der Waals surface area contributed by atoms with E-state index >= 15 is 0 Å². The van der Waals surface area contributed by atoms with E-state index in [0.29, 0.717) is 0 Å². The van der Waals surface area contributed by atoms with Crippen molar-refractivity contribution in [3.05, 3.63) is 0 Å². The lowest BCUT2D eigenvalue weighted by atomic mass is 11.8. The van der Waals surface area contributed by atoms with Crippen LogP contribution < -0.4 is 0 Å². The Morgan fingerprint density at radius 2 is 0.393 bits per heavy atom. The molecule has 0 spiro atoms. The molecule has 6 heterocycles. The highest BCUT2D eigenvalue weighted by molar-refractivity contribution is 7.12. The van der Waals surface area contributed by atoms with Crippen LogP contribution in [0, 0.1) is 0 Å². The maximum Gasteiger partial charge on any atom is 0.319 e. The lowest BCUT2D eigenvalue weighted by Gasteiger charge is -2.62. The SMILES string of the molecule is C[Si]12C[Si]3(C)O[Si]4(C)C[Si]5(C)O[Si](C)(C[Si](C)(O1)O4)O[Si](C)(C[Si](C)(O3)O5)O2. The zero-order chi connectivity index (χ0) is 20.5. The van der Waals surface area contributed by atoms with Crippen LogP contribution in [0.3, 0.4) is 0 Å². The fraction of sp³-hybridized carbons (Fsp3) is 1.00. The monoisotopic (exact) mass is 528 g/mol. The summed E-state index contributed by atoms with van der Waals surface area (Å²) in [4.78, 5) is 0. The topological polar surface area (TPSA) is 73.8 Å². The Bertz CT molecular complexity index is 489. The first-order valence-electron chi connectivity index (χ1n) is 10.1. The summed E-state index contributed by atoms with van der Waals surface area (Å²) in [5, 5.41) is 0. The van der Waals surface area contributed by atoms with Crippen molar-refractivity contribution in [2.24, 2.45) is 0 Å². The largest absolute Gasteiger partial charge is 0.416 e. The molecule has 6 aliphatic heterocycles. The number of hydrogen-bond acceptors (Lipinski definition) is 8. The molecule has 8 nitrogen and oxygen atoms in total. The molecule has 0 N–H and O–H groups in total. The highest BCUT2D eigenvalue weighted by atomic mass is 28.6. The first-order valence-corrected chi connectivity index (χ1v) is 30.3. The van der Waals surface area contributed by atoms with Gasteiger partial charge in [-0.25, -0.2) is 0 Å². The van der Waals surface area contributed by atoms with E-state index in [4.69, 9.17) is 32.9 Å². The highest BCUT2D eigenvalue weighted by Crippen LogP contribution is 2.52. The van der Waals surface area contributed by atoms with Crippen LogP contribution >= 0.6 is 0 Å². The Kier molecular flexibility index (Phi) is 4.30. The van der Waals surface area contributed by atoms with Gasteiger partial charge in [0.2, 0.25) is 0 Å². The molecule has 6 saturated heterocycles. The quantitative estimate of drug-likeness (QED) is 0.444. The van der Waals surface area contributed by atoms with Crippen molar-refractivity contribution in [3.8, 4) is 0 Å². The average Bonchev–Trinajstić information content (AvgIpc) is 2.22. The van der Waals surface area contributed by atoms with Gasteiger partial charge < -0.3 is 32.9 Å². The molecule has 0 aromatic heterocycles. The Balaban J connectivity index is 1.79. The van der Waals surface area contributed by atoms with Crippen molar-refractivity contribution in [1.29, 1.82) is 0 Å². The van der Waals surface area contributed by atoms with E-state index in [0.717, 1.165) is 22.7 Å². The third-order valence-corrected chi connectivity index (χ3v) is 54.2. The predicted molar refractivity (Wildman–Crippen MR) is 121 cm³/mol. The van der Waals surface area contributed by atoms with Crippen molar-refractivity contribution in [1.82, 2.24) is 0 Å². The lowest BCUT2D eigenvalue weighted by Crippen LogP contribution is -2.82. The predicted octanol–water partition coefficient (Wildman–Crippen LogP) is 2.92. The summed E-state index contributed by atoms with van der Waals surface area (Å²) in [6.45, 7) is 17.4. The van der Waals surface area contributed by atoms with Crippen LogP contribution in [-0.2, 0) is 32.9 Å². The minimum absolute atomic E-state index is 0.768. The van der Waals surface area contributed by atoms with Crippen molar-refractivity contribution in [2.45, 2.75) is 75.0 Å². The molecule has 16 heteroatoms. The second-order valence-corrected chi connectivity index (χ2v) is 40.9. The number of rotatable bonds is 0. The molecular weight excluding hydrogens is 497 g/mol. The molecule has 6 rings (SSSR count). The van der Waals surface area contributed by atoms with Gasteiger partial charge >= 0.3 is 68.5 Å². The average molecular weight is 529 g/mol. The molecular formula is C12H32O8Si8. The van der Waals surface area contributed by atoms with E-state index in [9.17, 15) is 0 Å². The van der Waals surface area contributed by atoms with E-state index in [1.54, 1.807) is 0 Å². The van der Waals surface area contributed by atoms with Gasteiger partial charge in [-0.3, -0.25) is 0 Å². The fourth-order valence-electron chi connectivity index (χ4n) is 6.73. The van der Waals surface area contributed by atoms with Gasteiger partial charge in [-0.2, -0.15) is 0 Å². The molecule has 28 heavy (non-hydrogen) atoms. The Morgan fingerprint density at radius 3 is 0.500 bits per heavy atom. The first kappa shape index (κ1) is 21.3. The summed E-state index contributed by atoms with van der Waals surface area (Å²) in [6, 6.07) is 0. The lowest BCUT2D eigenvalue weighted by molar-refractivity contribution is 0.180. The molecule has 160 valence electrons. The Hall–Kier alpha value is 1.42. The van der Waals surface area contributed by atoms with Crippen LogP contribution in [0.25, 0.3) is 0 Å². The van der Waals surface area contributed by atoms with E-state index in [1.165, 1.54) is 0 Å². The van der Waals surface area contributed by atoms with Gasteiger partial charge in [0, 0.05) is 22.7 Å². The zero-order valence-electron chi connectivity index (χ0n) is 18.1. The normalized spacial score (nSPS) is 66.0. The van der Waals surface area contributed by atoms with Crippen LogP contribution in [0.1, 0.15) is 0 Å². The van der Waals surface area contributed by atoms with Crippen LogP contribution in [0.2, 0.25) is 75.0 Å². The maximum atomic E-state index is 7.00. The fourth-order valence-corrected chi connectivity index (χ4v) is 74.0. The summed E-state index contributed by atoms with van der Waals surface area (Å²) in [5.74, 6) is 0. The highest BCUT2D eigenvalue weighted by Gasteiger charge is 2.73. The standard InChI is InChI=1S/C12H32O8Si8/c1-21-9-22(2)14-25(5)10-23(3,13-21)19-26(6)11-24(4,17-21)15-27(7,18-22)12-28(8,16-26)20-25/h9-12H2,1-8H3. The van der Waals surface area contributed by atoms with Gasteiger partial charge in [0.25, 0.3) is 0 Å². The molecule has 0 radical (unpaired) electrons. The van der Waals surface area contributed by atoms with E-state index in [1.807, 2.05) is 0 Å². The molecule has 6 aliphatic rings. The van der Waals surface area contributed by atoms with Crippen LogP contribution in [0.4, 0.5) is 0 Å². The molecule has 0 amide bonds. The van der Waals surface area contributed by atoms with Crippen molar-refractivity contribution in [2.75, 3.05) is 0 Å². The van der Waals surface area contributed by atoms with Crippen LogP contribution in [0.5, 0.6) is 0 Å². The molecule has 0 unspecified atom stereocenters. The number of hydrogen-bond donors (Lipinski definition) is 0. The first-order chi connectivity index (χ1) is 12.5. The summed E-state index contributed by atoms with van der Waals surface area (Å²) in [5.41, 5.74) is 3.07. The Labute approximate surface area is 176 Å². The smallest absolute Gasteiger partial charge is 0.319 e. The van der Waals surface area contributed by atoms with E-state index < -0.39 is 68.5 Å². The third kappa shape index (κ3) is 3.55. The van der Waals surface area contributed by atoms with Crippen molar-refractivity contribution < 1.29 is 32.9 Å². The van der Waals surface area contributed by atoms with Crippen molar-refractivity contribution in [3.63, 3.8) is 0 Å². The molecule has 0 aliphatic carbocycles. The molecule has 0 atom stereocenters. The van der Waals surface area contributed by atoms with Crippen molar-refractivity contribution >= 4 is 68.5 Å². The minimum atomic E-state index is -2.59. The molecule has 0 aromatic rings. The summed E-state index contributed by atoms with van der Waals surface area (Å²) in [6.07, 6.45) is 0. The van der Waals surface area contributed by atoms with Crippen LogP contribution in [0.15, 0.2) is 0 Å². The van der Waals surface area contributed by atoms with Gasteiger partial charge in [0.15, 0.2) is 0 Å². The molecule has 0 aromatic carbocycles. The summed E-state index contributed by atoms with van der Waals surface area (Å²) < 4.78 is 55.8. The molecule has 0 saturated carbocycles. The van der Waals surface area contributed by atoms with Gasteiger partial charge in [0.1, 0.15) is 0 Å². The second-order valence-electron chi connectivity index (χ2n) is 10.6. The van der Waals surface area contributed by atoms with Gasteiger partial charge in [-0.1, -0.05) is 0 Å². The third-order valence-electron chi connectivity index (χ3n) is 6.02.